The third-order valence-corrected chi connectivity index (χ3v) is 9.00. The van der Waals surface area contributed by atoms with Crippen LogP contribution in [0.15, 0.2) is 53.4 Å². The number of hydrogen-bond donors (Lipinski definition) is 2. The van der Waals surface area contributed by atoms with Crippen LogP contribution in [0.1, 0.15) is 70.0 Å². The molecule has 4 rings (SSSR count). The van der Waals surface area contributed by atoms with Gasteiger partial charge in [-0.2, -0.15) is 13.2 Å². The lowest BCUT2D eigenvalue weighted by atomic mass is 9.72. The zero-order valence-electron chi connectivity index (χ0n) is 23.9. The summed E-state index contributed by atoms with van der Waals surface area (Å²) in [6.07, 6.45) is 4.42. The Morgan fingerprint density at radius 3 is 2.27 bits per heavy atom. The lowest BCUT2D eigenvalue weighted by Crippen LogP contribution is -2.49. The zero-order chi connectivity index (χ0) is 29.9. The number of aliphatic carboxylic acids is 1. The van der Waals surface area contributed by atoms with Crippen molar-refractivity contribution in [1.82, 2.24) is 10.2 Å². The number of carbonyl (C=O) groups is 2. The molecule has 224 valence electrons. The monoisotopic (exact) mass is 592 g/mol. The molecule has 2 aliphatic rings. The molecule has 1 saturated heterocycles. The number of nitrogens with one attached hydrogen (secondary N) is 1. The van der Waals surface area contributed by atoms with Gasteiger partial charge in [0, 0.05) is 34.9 Å². The molecule has 6 nitrogen and oxygen atoms in total. The second-order valence-electron chi connectivity index (χ2n) is 12.0. The number of carbonyl (C=O) groups excluding carboxylic acids is 1. The molecule has 0 aromatic heterocycles. The predicted molar refractivity (Wildman–Crippen MR) is 153 cm³/mol. The first-order valence-electron chi connectivity index (χ1n) is 14.1. The van der Waals surface area contributed by atoms with E-state index < -0.39 is 40.9 Å². The van der Waals surface area contributed by atoms with E-state index in [1.165, 1.54) is 25.3 Å². The van der Waals surface area contributed by atoms with Crippen LogP contribution < -0.4 is 10.1 Å². The SMILES string of the molecule is COc1ccc(SC(F)(F)F)cc1CN[C@H]1[C@H](C(C)(C)C)[C@@H](C(=O)O)N(C(=O)C2CCCCC2)[C@H]1c1ccccc1. The summed E-state index contributed by atoms with van der Waals surface area (Å²) in [5.74, 6) is -1.48. The van der Waals surface area contributed by atoms with Crippen molar-refractivity contribution >= 4 is 23.6 Å². The van der Waals surface area contributed by atoms with Crippen molar-refractivity contribution in [3.8, 4) is 5.75 Å². The van der Waals surface area contributed by atoms with Crippen LogP contribution in [0.2, 0.25) is 0 Å². The standard InChI is InChI=1S/C31H39F3N2O4S/c1-30(2,3)24-25(35-18-21-17-22(41-31(32,33)34)15-16-23(21)40-4)26(19-11-7-5-8-12-19)36(27(24)29(38)39)28(37)20-13-9-6-10-14-20/h5,7-8,11-12,15-17,20,24-27,35H,6,9-10,13-14,18H2,1-4H3,(H,38,39)/t24-,25-,26-,27-/m0/s1. The molecule has 2 aromatic rings. The van der Waals surface area contributed by atoms with E-state index in [0.717, 1.165) is 37.7 Å². The first-order chi connectivity index (χ1) is 19.3. The summed E-state index contributed by atoms with van der Waals surface area (Å²) in [6, 6.07) is 11.6. The van der Waals surface area contributed by atoms with Crippen LogP contribution in [0.3, 0.4) is 0 Å². The summed E-state index contributed by atoms with van der Waals surface area (Å²) < 4.78 is 44.8. The number of carboxylic acid groups (broad SMARTS) is 1. The third-order valence-electron chi connectivity index (χ3n) is 8.28. The summed E-state index contributed by atoms with van der Waals surface area (Å²) >= 11 is -0.195. The topological polar surface area (TPSA) is 78.9 Å². The lowest BCUT2D eigenvalue weighted by molar-refractivity contribution is -0.154. The second-order valence-corrected chi connectivity index (χ2v) is 13.2. The predicted octanol–water partition coefficient (Wildman–Crippen LogP) is 7.04. The highest BCUT2D eigenvalue weighted by molar-refractivity contribution is 8.00. The van der Waals surface area contributed by atoms with E-state index in [4.69, 9.17) is 4.74 Å². The van der Waals surface area contributed by atoms with E-state index in [2.05, 4.69) is 5.32 Å². The molecule has 41 heavy (non-hydrogen) atoms. The molecule has 1 heterocycles. The Labute approximate surface area is 244 Å². The Morgan fingerprint density at radius 1 is 1.05 bits per heavy atom. The fourth-order valence-electron chi connectivity index (χ4n) is 6.61. The molecule has 0 bridgehead atoms. The van der Waals surface area contributed by atoms with E-state index in [9.17, 15) is 27.9 Å². The van der Waals surface area contributed by atoms with Crippen molar-refractivity contribution in [3.63, 3.8) is 0 Å². The Hall–Kier alpha value is -2.72. The van der Waals surface area contributed by atoms with Crippen molar-refractivity contribution in [2.24, 2.45) is 17.3 Å². The maximum absolute atomic E-state index is 14.2. The number of ether oxygens (including phenoxy) is 1. The average Bonchev–Trinajstić information content (AvgIpc) is 3.28. The van der Waals surface area contributed by atoms with Gasteiger partial charge in [0.15, 0.2) is 0 Å². The van der Waals surface area contributed by atoms with Gasteiger partial charge in [-0.3, -0.25) is 4.79 Å². The maximum atomic E-state index is 14.2. The molecule has 2 fully saturated rings. The quantitative estimate of drug-likeness (QED) is 0.320. The molecule has 1 aliphatic heterocycles. The van der Waals surface area contributed by atoms with Crippen LogP contribution in [-0.2, 0) is 16.1 Å². The van der Waals surface area contributed by atoms with Crippen LogP contribution in [0.4, 0.5) is 13.2 Å². The van der Waals surface area contributed by atoms with Crippen LogP contribution in [0.25, 0.3) is 0 Å². The average molecular weight is 593 g/mol. The molecular weight excluding hydrogens is 553 g/mol. The Kier molecular flexibility index (Phi) is 9.63. The highest BCUT2D eigenvalue weighted by Gasteiger charge is 2.58. The third kappa shape index (κ3) is 7.20. The van der Waals surface area contributed by atoms with Crippen molar-refractivity contribution in [3.05, 3.63) is 59.7 Å². The fourth-order valence-corrected chi connectivity index (χ4v) is 7.21. The van der Waals surface area contributed by atoms with Gasteiger partial charge < -0.3 is 20.1 Å². The number of benzene rings is 2. The van der Waals surface area contributed by atoms with Crippen LogP contribution in [0.5, 0.6) is 5.75 Å². The highest BCUT2D eigenvalue weighted by Crippen LogP contribution is 2.49. The summed E-state index contributed by atoms with van der Waals surface area (Å²) in [5.41, 5.74) is -3.62. The second kappa shape index (κ2) is 12.7. The van der Waals surface area contributed by atoms with Gasteiger partial charge >= 0.3 is 11.5 Å². The van der Waals surface area contributed by atoms with E-state index >= 15 is 0 Å². The number of amides is 1. The van der Waals surface area contributed by atoms with Gasteiger partial charge in [0.05, 0.1) is 13.2 Å². The Bertz CT molecular complexity index is 1210. The summed E-state index contributed by atoms with van der Waals surface area (Å²) in [6.45, 7) is 6.05. The number of thioether (sulfide) groups is 1. The molecule has 2 N–H and O–H groups in total. The molecular formula is C31H39F3N2O4S. The first kappa shape index (κ1) is 31.2. The van der Waals surface area contributed by atoms with Gasteiger partial charge in [0.25, 0.3) is 0 Å². The molecule has 4 atom stereocenters. The van der Waals surface area contributed by atoms with Gasteiger partial charge in [0.2, 0.25) is 5.91 Å². The highest BCUT2D eigenvalue weighted by atomic mass is 32.2. The normalized spacial score (nSPS) is 23.9. The van der Waals surface area contributed by atoms with Crippen LogP contribution in [0, 0.1) is 17.3 Å². The molecule has 1 saturated carbocycles. The van der Waals surface area contributed by atoms with Crippen molar-refractivity contribution in [2.45, 2.75) is 87.9 Å². The maximum Gasteiger partial charge on any atom is 0.446 e. The number of nitrogens with zero attached hydrogens (tertiary/aromatic N) is 1. The van der Waals surface area contributed by atoms with Gasteiger partial charge in [-0.05, 0) is 53.8 Å². The molecule has 0 unspecified atom stereocenters. The number of carboxylic acids is 1. The Morgan fingerprint density at radius 2 is 1.71 bits per heavy atom. The molecule has 1 amide bonds. The number of methoxy groups -OCH3 is 1. The van der Waals surface area contributed by atoms with Gasteiger partial charge in [-0.15, -0.1) is 0 Å². The van der Waals surface area contributed by atoms with Gasteiger partial charge in [-0.25, -0.2) is 4.79 Å². The number of likely N-dealkylation sites (tertiary alicyclic amines) is 1. The number of alkyl halides is 3. The van der Waals surface area contributed by atoms with Gasteiger partial charge in [0.1, 0.15) is 11.8 Å². The van der Waals surface area contributed by atoms with E-state index in [1.807, 2.05) is 51.1 Å². The van der Waals surface area contributed by atoms with Crippen LogP contribution >= 0.6 is 11.8 Å². The minimum absolute atomic E-state index is 0.0333. The smallest absolute Gasteiger partial charge is 0.446 e. The molecule has 0 spiro atoms. The fraction of sp³-hybridized carbons (Fsp3) is 0.548. The van der Waals surface area contributed by atoms with Crippen molar-refractivity contribution in [2.75, 3.05) is 7.11 Å². The van der Waals surface area contributed by atoms with Crippen LogP contribution in [-0.4, -0.2) is 46.6 Å². The first-order valence-corrected chi connectivity index (χ1v) is 14.9. The van der Waals surface area contributed by atoms with E-state index in [0.29, 0.717) is 11.3 Å². The van der Waals surface area contributed by atoms with Crippen molar-refractivity contribution in [1.29, 1.82) is 0 Å². The minimum atomic E-state index is -4.44. The summed E-state index contributed by atoms with van der Waals surface area (Å²) in [5, 5.41) is 14.1. The number of halogens is 3. The largest absolute Gasteiger partial charge is 0.496 e. The summed E-state index contributed by atoms with van der Waals surface area (Å²) in [7, 11) is 1.46. The number of rotatable bonds is 8. The van der Waals surface area contributed by atoms with E-state index in [-0.39, 0.29) is 35.0 Å². The summed E-state index contributed by atoms with van der Waals surface area (Å²) in [4.78, 5) is 28.8. The minimum Gasteiger partial charge on any atom is -0.496 e. The molecule has 2 aromatic carbocycles. The molecule has 1 aliphatic carbocycles. The number of hydrogen-bond acceptors (Lipinski definition) is 5. The lowest BCUT2D eigenvalue weighted by Gasteiger charge is -2.36. The van der Waals surface area contributed by atoms with E-state index in [1.54, 1.807) is 4.90 Å². The molecule has 0 radical (unpaired) electrons. The Balaban J connectivity index is 1.78. The van der Waals surface area contributed by atoms with Crippen molar-refractivity contribution < 1.29 is 32.6 Å². The molecule has 10 heteroatoms. The van der Waals surface area contributed by atoms with Gasteiger partial charge in [-0.1, -0.05) is 70.4 Å². The zero-order valence-corrected chi connectivity index (χ0v) is 24.7.